The zero-order valence-corrected chi connectivity index (χ0v) is 12.8. The van der Waals surface area contributed by atoms with Gasteiger partial charge in [0.2, 0.25) is 0 Å². The molecule has 0 unspecified atom stereocenters. The van der Waals surface area contributed by atoms with E-state index >= 15 is 0 Å². The van der Waals surface area contributed by atoms with Crippen molar-refractivity contribution in [2.45, 2.75) is 19.6 Å². The first kappa shape index (κ1) is 16.3. The van der Waals surface area contributed by atoms with E-state index in [1.807, 2.05) is 30.3 Å². The standard InChI is InChI=1S/C16H18ClN3O2/c17-15-6-5-14(9-19-15)10-20-16(22)18-8-7-12-1-3-13(11-21)4-2-12/h1-6,9,21H,7-8,10-11H2,(H2,18,20,22). The first-order chi connectivity index (χ1) is 10.7. The molecule has 5 nitrogen and oxygen atoms in total. The lowest BCUT2D eigenvalue weighted by molar-refractivity contribution is 0.240. The Balaban J connectivity index is 1.67. The number of carbonyl (C=O) groups is 1. The lowest BCUT2D eigenvalue weighted by Crippen LogP contribution is -2.36. The summed E-state index contributed by atoms with van der Waals surface area (Å²) in [6.07, 6.45) is 2.37. The average Bonchev–Trinajstić information content (AvgIpc) is 2.55. The molecule has 1 aromatic heterocycles. The molecule has 0 saturated heterocycles. The molecule has 0 fully saturated rings. The fourth-order valence-electron chi connectivity index (χ4n) is 1.89. The van der Waals surface area contributed by atoms with Gasteiger partial charge in [0.25, 0.3) is 0 Å². The minimum Gasteiger partial charge on any atom is -0.392 e. The summed E-state index contributed by atoms with van der Waals surface area (Å²) in [5, 5.41) is 15.0. The number of aliphatic hydroxyl groups excluding tert-OH is 1. The molecule has 1 heterocycles. The number of rotatable bonds is 6. The Morgan fingerprint density at radius 1 is 1.05 bits per heavy atom. The number of benzene rings is 1. The first-order valence-electron chi connectivity index (χ1n) is 6.98. The summed E-state index contributed by atoms with van der Waals surface area (Å²) in [4.78, 5) is 15.6. The van der Waals surface area contributed by atoms with Crippen molar-refractivity contribution < 1.29 is 9.90 Å². The molecule has 0 radical (unpaired) electrons. The molecule has 2 aromatic rings. The van der Waals surface area contributed by atoms with Crippen molar-refractivity contribution in [1.82, 2.24) is 15.6 Å². The predicted octanol–water partition coefficient (Wildman–Crippen LogP) is 2.27. The molecule has 6 heteroatoms. The molecule has 0 saturated carbocycles. The molecular weight excluding hydrogens is 302 g/mol. The summed E-state index contributed by atoms with van der Waals surface area (Å²) in [6.45, 7) is 0.991. The second-order valence-electron chi connectivity index (χ2n) is 4.82. The Morgan fingerprint density at radius 3 is 2.36 bits per heavy atom. The third kappa shape index (κ3) is 5.35. The van der Waals surface area contributed by atoms with Crippen molar-refractivity contribution in [2.75, 3.05) is 6.54 Å². The highest BCUT2D eigenvalue weighted by Crippen LogP contribution is 2.05. The van der Waals surface area contributed by atoms with Crippen LogP contribution in [0.15, 0.2) is 42.6 Å². The van der Waals surface area contributed by atoms with E-state index in [-0.39, 0.29) is 12.6 Å². The highest BCUT2D eigenvalue weighted by atomic mass is 35.5. The van der Waals surface area contributed by atoms with Crippen LogP contribution in [0.2, 0.25) is 5.15 Å². The van der Waals surface area contributed by atoms with Crippen LogP contribution >= 0.6 is 11.6 Å². The topological polar surface area (TPSA) is 74.2 Å². The molecule has 2 rings (SSSR count). The molecule has 0 bridgehead atoms. The Bertz CT molecular complexity index is 600. The minimum absolute atomic E-state index is 0.0422. The van der Waals surface area contributed by atoms with Gasteiger partial charge in [-0.3, -0.25) is 0 Å². The van der Waals surface area contributed by atoms with E-state index in [4.69, 9.17) is 16.7 Å². The van der Waals surface area contributed by atoms with Gasteiger partial charge in [-0.25, -0.2) is 9.78 Å². The zero-order chi connectivity index (χ0) is 15.8. The van der Waals surface area contributed by atoms with Gasteiger partial charge in [0, 0.05) is 19.3 Å². The Morgan fingerprint density at radius 2 is 1.73 bits per heavy atom. The normalized spacial score (nSPS) is 10.3. The highest BCUT2D eigenvalue weighted by Gasteiger charge is 2.01. The van der Waals surface area contributed by atoms with E-state index in [9.17, 15) is 4.79 Å². The molecule has 0 aliphatic heterocycles. The number of pyridine rings is 1. The molecule has 1 aromatic carbocycles. The van der Waals surface area contributed by atoms with E-state index in [1.165, 1.54) is 0 Å². The second kappa shape index (κ2) is 8.36. The molecule has 2 amide bonds. The van der Waals surface area contributed by atoms with Gasteiger partial charge in [-0.2, -0.15) is 0 Å². The van der Waals surface area contributed by atoms with Crippen molar-refractivity contribution in [1.29, 1.82) is 0 Å². The lowest BCUT2D eigenvalue weighted by atomic mass is 10.1. The summed E-state index contributed by atoms with van der Waals surface area (Å²) in [5.74, 6) is 0. The van der Waals surface area contributed by atoms with E-state index in [0.29, 0.717) is 18.2 Å². The maximum absolute atomic E-state index is 11.7. The van der Waals surface area contributed by atoms with Crippen LogP contribution in [-0.4, -0.2) is 22.7 Å². The van der Waals surface area contributed by atoms with Gasteiger partial charge in [0.05, 0.1) is 6.61 Å². The monoisotopic (exact) mass is 319 g/mol. The molecule has 0 spiro atoms. The van der Waals surface area contributed by atoms with E-state index in [1.54, 1.807) is 12.3 Å². The van der Waals surface area contributed by atoms with Gasteiger partial charge in [0.15, 0.2) is 0 Å². The van der Waals surface area contributed by atoms with Crippen LogP contribution in [0.25, 0.3) is 0 Å². The van der Waals surface area contributed by atoms with Gasteiger partial charge >= 0.3 is 6.03 Å². The molecule has 0 aliphatic carbocycles. The average molecular weight is 320 g/mol. The largest absolute Gasteiger partial charge is 0.392 e. The Hall–Kier alpha value is -2.11. The van der Waals surface area contributed by atoms with Gasteiger partial charge in [-0.1, -0.05) is 41.9 Å². The van der Waals surface area contributed by atoms with E-state index in [0.717, 1.165) is 23.1 Å². The third-order valence-electron chi connectivity index (χ3n) is 3.15. The number of aliphatic hydroxyl groups is 1. The number of urea groups is 1. The van der Waals surface area contributed by atoms with E-state index < -0.39 is 0 Å². The van der Waals surface area contributed by atoms with Crippen LogP contribution in [0.5, 0.6) is 0 Å². The molecular formula is C16H18ClN3O2. The van der Waals surface area contributed by atoms with Crippen LogP contribution in [0, 0.1) is 0 Å². The molecule has 0 atom stereocenters. The number of carbonyl (C=O) groups excluding carboxylic acids is 1. The van der Waals surface area contributed by atoms with Crippen LogP contribution in [0.4, 0.5) is 4.79 Å². The minimum atomic E-state index is -0.220. The van der Waals surface area contributed by atoms with Crippen molar-refractivity contribution in [2.24, 2.45) is 0 Å². The fraction of sp³-hybridized carbons (Fsp3) is 0.250. The van der Waals surface area contributed by atoms with Gasteiger partial charge < -0.3 is 15.7 Å². The molecule has 22 heavy (non-hydrogen) atoms. The Labute approximate surface area is 134 Å². The molecule has 3 N–H and O–H groups in total. The summed E-state index contributed by atoms with van der Waals surface area (Å²) in [5.41, 5.74) is 2.88. The maximum Gasteiger partial charge on any atom is 0.315 e. The van der Waals surface area contributed by atoms with Crippen LogP contribution in [0.1, 0.15) is 16.7 Å². The molecule has 116 valence electrons. The van der Waals surface area contributed by atoms with Crippen molar-refractivity contribution >= 4 is 17.6 Å². The summed E-state index contributed by atoms with van der Waals surface area (Å²) >= 11 is 5.70. The number of amides is 2. The second-order valence-corrected chi connectivity index (χ2v) is 5.21. The molecule has 0 aliphatic rings. The first-order valence-corrected chi connectivity index (χ1v) is 7.36. The van der Waals surface area contributed by atoms with Crippen molar-refractivity contribution in [3.05, 3.63) is 64.4 Å². The highest BCUT2D eigenvalue weighted by molar-refractivity contribution is 6.29. The lowest BCUT2D eigenvalue weighted by Gasteiger charge is -2.08. The third-order valence-corrected chi connectivity index (χ3v) is 3.37. The van der Waals surface area contributed by atoms with Gasteiger partial charge in [-0.15, -0.1) is 0 Å². The van der Waals surface area contributed by atoms with Crippen molar-refractivity contribution in [3.63, 3.8) is 0 Å². The van der Waals surface area contributed by atoms with Crippen LogP contribution in [-0.2, 0) is 19.6 Å². The number of halogens is 1. The maximum atomic E-state index is 11.7. The summed E-state index contributed by atoms with van der Waals surface area (Å²) < 4.78 is 0. The smallest absolute Gasteiger partial charge is 0.315 e. The summed E-state index contributed by atoms with van der Waals surface area (Å²) in [6, 6.07) is 10.9. The SMILES string of the molecule is O=C(NCCc1ccc(CO)cc1)NCc1ccc(Cl)nc1. The quantitative estimate of drug-likeness (QED) is 0.715. The zero-order valence-electron chi connectivity index (χ0n) is 12.1. The Kier molecular flexibility index (Phi) is 6.18. The van der Waals surface area contributed by atoms with E-state index in [2.05, 4.69) is 15.6 Å². The fourth-order valence-corrected chi connectivity index (χ4v) is 2.00. The number of aromatic nitrogens is 1. The predicted molar refractivity (Wildman–Crippen MR) is 85.6 cm³/mol. The van der Waals surface area contributed by atoms with Gasteiger partial charge in [0.1, 0.15) is 5.15 Å². The number of hydrogen-bond acceptors (Lipinski definition) is 3. The van der Waals surface area contributed by atoms with Gasteiger partial charge in [-0.05, 0) is 29.2 Å². The van der Waals surface area contributed by atoms with Crippen LogP contribution < -0.4 is 10.6 Å². The number of hydrogen-bond donors (Lipinski definition) is 3. The van der Waals surface area contributed by atoms with Crippen molar-refractivity contribution in [3.8, 4) is 0 Å². The summed E-state index contributed by atoms with van der Waals surface area (Å²) in [7, 11) is 0. The van der Waals surface area contributed by atoms with Crippen LogP contribution in [0.3, 0.4) is 0 Å². The number of nitrogens with one attached hydrogen (secondary N) is 2. The number of nitrogens with zero attached hydrogens (tertiary/aromatic N) is 1.